The van der Waals surface area contributed by atoms with Crippen LogP contribution < -0.4 is 5.73 Å². The third kappa shape index (κ3) is 1.54. The normalized spacial score (nSPS) is 13.5. The van der Waals surface area contributed by atoms with Gasteiger partial charge in [-0.15, -0.1) is 0 Å². The Morgan fingerprint density at radius 3 is 2.82 bits per heavy atom. The van der Waals surface area contributed by atoms with Gasteiger partial charge in [-0.2, -0.15) is 5.10 Å². The minimum Gasteiger partial charge on any atom is -0.328 e. The first-order chi connectivity index (χ1) is 5.16. The molecular formula is C7H12ClN3. The maximum atomic E-state index is 5.93. The van der Waals surface area contributed by atoms with Crippen LogP contribution in [0.4, 0.5) is 0 Å². The zero-order chi connectivity index (χ0) is 8.43. The van der Waals surface area contributed by atoms with Crippen LogP contribution in [0.25, 0.3) is 0 Å². The van der Waals surface area contributed by atoms with Crippen LogP contribution in [0.15, 0.2) is 6.20 Å². The van der Waals surface area contributed by atoms with Gasteiger partial charge in [-0.05, 0) is 13.8 Å². The molecule has 2 N–H and O–H groups in total. The SMILES string of the molecule is Cc1cnn(C(C)CN)c1Cl. The zero-order valence-corrected chi connectivity index (χ0v) is 7.47. The number of halogens is 1. The van der Waals surface area contributed by atoms with E-state index in [9.17, 15) is 0 Å². The van der Waals surface area contributed by atoms with Crippen LogP contribution in [-0.2, 0) is 0 Å². The first-order valence-electron chi connectivity index (χ1n) is 3.56. The predicted molar refractivity (Wildman–Crippen MR) is 45.7 cm³/mol. The third-order valence-electron chi connectivity index (χ3n) is 1.66. The number of hydrogen-bond donors (Lipinski definition) is 1. The average Bonchev–Trinajstić information content (AvgIpc) is 2.32. The Kier molecular flexibility index (Phi) is 2.52. The lowest BCUT2D eigenvalue weighted by atomic mass is 10.3. The Bertz CT molecular complexity index is 244. The minimum atomic E-state index is 0.177. The van der Waals surface area contributed by atoms with Gasteiger partial charge in [0.25, 0.3) is 0 Å². The number of nitrogens with two attached hydrogens (primary N) is 1. The summed E-state index contributed by atoms with van der Waals surface area (Å²) in [6, 6.07) is 0.177. The second-order valence-corrected chi connectivity index (χ2v) is 3.01. The monoisotopic (exact) mass is 173 g/mol. The molecule has 0 radical (unpaired) electrons. The highest BCUT2D eigenvalue weighted by molar-refractivity contribution is 6.30. The van der Waals surface area contributed by atoms with Gasteiger partial charge in [0.1, 0.15) is 5.15 Å². The van der Waals surface area contributed by atoms with Crippen LogP contribution in [-0.4, -0.2) is 16.3 Å². The molecule has 1 aromatic rings. The largest absolute Gasteiger partial charge is 0.328 e. The molecule has 1 aromatic heterocycles. The van der Waals surface area contributed by atoms with Crippen LogP contribution in [0.1, 0.15) is 18.5 Å². The van der Waals surface area contributed by atoms with E-state index in [4.69, 9.17) is 17.3 Å². The maximum absolute atomic E-state index is 5.93. The van der Waals surface area contributed by atoms with Gasteiger partial charge in [0.05, 0.1) is 12.2 Å². The summed E-state index contributed by atoms with van der Waals surface area (Å²) < 4.78 is 1.73. The molecule has 4 heteroatoms. The van der Waals surface area contributed by atoms with E-state index >= 15 is 0 Å². The maximum Gasteiger partial charge on any atom is 0.130 e. The number of nitrogens with zero attached hydrogens (tertiary/aromatic N) is 2. The van der Waals surface area contributed by atoms with Crippen LogP contribution in [0, 0.1) is 6.92 Å². The van der Waals surface area contributed by atoms with Gasteiger partial charge in [-0.1, -0.05) is 11.6 Å². The molecule has 0 aliphatic heterocycles. The molecule has 0 saturated heterocycles. The summed E-state index contributed by atoms with van der Waals surface area (Å²) >= 11 is 5.93. The molecule has 1 rings (SSSR count). The quantitative estimate of drug-likeness (QED) is 0.734. The van der Waals surface area contributed by atoms with Gasteiger partial charge >= 0.3 is 0 Å². The topological polar surface area (TPSA) is 43.8 Å². The number of aryl methyl sites for hydroxylation is 1. The molecular weight excluding hydrogens is 162 g/mol. The lowest BCUT2D eigenvalue weighted by molar-refractivity contribution is 0.501. The lowest BCUT2D eigenvalue weighted by Gasteiger charge is -2.09. The highest BCUT2D eigenvalue weighted by atomic mass is 35.5. The fraction of sp³-hybridized carbons (Fsp3) is 0.571. The van der Waals surface area contributed by atoms with E-state index in [0.29, 0.717) is 11.7 Å². The highest BCUT2D eigenvalue weighted by Crippen LogP contribution is 2.17. The molecule has 0 saturated carbocycles. The standard InChI is InChI=1S/C7H12ClN3/c1-5-4-10-11(7(5)8)6(2)3-9/h4,6H,3,9H2,1-2H3. The third-order valence-corrected chi connectivity index (χ3v) is 2.13. The van der Waals surface area contributed by atoms with Crippen LogP contribution in [0.3, 0.4) is 0 Å². The average molecular weight is 174 g/mol. The summed E-state index contributed by atoms with van der Waals surface area (Å²) in [5.74, 6) is 0. The van der Waals surface area contributed by atoms with Crippen molar-refractivity contribution in [3.63, 3.8) is 0 Å². The molecule has 0 aliphatic carbocycles. The van der Waals surface area contributed by atoms with E-state index in [1.807, 2.05) is 13.8 Å². The second kappa shape index (κ2) is 3.24. The molecule has 1 heterocycles. The Labute approximate surface area is 71.1 Å². The van der Waals surface area contributed by atoms with Crippen LogP contribution in [0.2, 0.25) is 5.15 Å². The lowest BCUT2D eigenvalue weighted by Crippen LogP contribution is -2.17. The van der Waals surface area contributed by atoms with E-state index in [1.54, 1.807) is 10.9 Å². The van der Waals surface area contributed by atoms with Crippen molar-refractivity contribution in [2.75, 3.05) is 6.54 Å². The van der Waals surface area contributed by atoms with Gasteiger partial charge in [0.15, 0.2) is 0 Å². The molecule has 11 heavy (non-hydrogen) atoms. The van der Waals surface area contributed by atoms with Crippen molar-refractivity contribution in [2.45, 2.75) is 19.9 Å². The van der Waals surface area contributed by atoms with Crippen molar-refractivity contribution in [3.05, 3.63) is 16.9 Å². The van der Waals surface area contributed by atoms with Crippen molar-refractivity contribution >= 4 is 11.6 Å². The molecule has 0 aromatic carbocycles. The summed E-state index contributed by atoms with van der Waals surface area (Å²) in [7, 11) is 0. The zero-order valence-electron chi connectivity index (χ0n) is 6.71. The molecule has 3 nitrogen and oxygen atoms in total. The van der Waals surface area contributed by atoms with E-state index in [1.165, 1.54) is 0 Å². The molecule has 0 aliphatic rings. The Balaban J connectivity index is 2.94. The molecule has 62 valence electrons. The van der Waals surface area contributed by atoms with E-state index in [0.717, 1.165) is 5.56 Å². The summed E-state index contributed by atoms with van der Waals surface area (Å²) in [5, 5.41) is 4.77. The minimum absolute atomic E-state index is 0.177. The van der Waals surface area contributed by atoms with Gasteiger partial charge in [-0.3, -0.25) is 0 Å². The van der Waals surface area contributed by atoms with Crippen LogP contribution in [0.5, 0.6) is 0 Å². The number of rotatable bonds is 2. The summed E-state index contributed by atoms with van der Waals surface area (Å²) in [6.45, 7) is 4.47. The second-order valence-electron chi connectivity index (χ2n) is 2.65. The number of aromatic nitrogens is 2. The molecule has 0 bridgehead atoms. The van der Waals surface area contributed by atoms with E-state index in [2.05, 4.69) is 5.10 Å². The fourth-order valence-electron chi connectivity index (χ4n) is 0.841. The molecule has 0 fully saturated rings. The van der Waals surface area contributed by atoms with Crippen molar-refractivity contribution in [3.8, 4) is 0 Å². The fourth-order valence-corrected chi connectivity index (χ4v) is 1.10. The summed E-state index contributed by atoms with van der Waals surface area (Å²) in [6.07, 6.45) is 1.74. The first-order valence-corrected chi connectivity index (χ1v) is 3.94. The van der Waals surface area contributed by atoms with Crippen molar-refractivity contribution in [1.82, 2.24) is 9.78 Å². The van der Waals surface area contributed by atoms with Crippen molar-refractivity contribution in [2.24, 2.45) is 5.73 Å². The van der Waals surface area contributed by atoms with Gasteiger partial charge in [-0.25, -0.2) is 4.68 Å². The summed E-state index contributed by atoms with van der Waals surface area (Å²) in [5.41, 5.74) is 6.46. The number of hydrogen-bond acceptors (Lipinski definition) is 2. The Morgan fingerprint density at radius 1 is 1.82 bits per heavy atom. The molecule has 0 amide bonds. The van der Waals surface area contributed by atoms with E-state index in [-0.39, 0.29) is 6.04 Å². The highest BCUT2D eigenvalue weighted by Gasteiger charge is 2.08. The Morgan fingerprint density at radius 2 is 2.45 bits per heavy atom. The molecule has 1 atom stereocenters. The first kappa shape index (κ1) is 8.56. The van der Waals surface area contributed by atoms with E-state index < -0.39 is 0 Å². The van der Waals surface area contributed by atoms with Crippen molar-refractivity contribution in [1.29, 1.82) is 0 Å². The summed E-state index contributed by atoms with van der Waals surface area (Å²) in [4.78, 5) is 0. The van der Waals surface area contributed by atoms with Gasteiger partial charge in [0, 0.05) is 12.1 Å². The molecule has 1 unspecified atom stereocenters. The van der Waals surface area contributed by atoms with Crippen LogP contribution >= 0.6 is 11.6 Å². The predicted octanol–water partition coefficient (Wildman–Crippen LogP) is 1.36. The molecule has 0 spiro atoms. The van der Waals surface area contributed by atoms with Crippen molar-refractivity contribution < 1.29 is 0 Å². The van der Waals surface area contributed by atoms with Gasteiger partial charge in [0.2, 0.25) is 0 Å². The van der Waals surface area contributed by atoms with Gasteiger partial charge < -0.3 is 5.73 Å². The Hall–Kier alpha value is -0.540. The smallest absolute Gasteiger partial charge is 0.130 e.